The summed E-state index contributed by atoms with van der Waals surface area (Å²) in [6.45, 7) is 4.82. The average Bonchev–Trinajstić information content (AvgIpc) is 2.96. The number of benzene rings is 2. The standard InChI is InChI=1S/C22H22N2O2S/c1-15(2)23-22-24(18-8-4-3-5-9-18)21(25)20(27-22)14-16-10-11-19-17(13-16)7-6-12-26-19/h3-5,8-11,13-15H,6-7,12H2,1-2H3/b20-14-,23-22?. The molecule has 0 aromatic heterocycles. The smallest absolute Gasteiger partial charge is 0.271 e. The van der Waals surface area contributed by atoms with E-state index in [1.54, 1.807) is 4.90 Å². The van der Waals surface area contributed by atoms with E-state index in [0.717, 1.165) is 41.6 Å². The number of carbonyl (C=O) groups excluding carboxylic acids is 1. The summed E-state index contributed by atoms with van der Waals surface area (Å²) < 4.78 is 5.69. The number of carbonyl (C=O) groups is 1. The zero-order valence-corrected chi connectivity index (χ0v) is 16.3. The lowest BCUT2D eigenvalue weighted by molar-refractivity contribution is -0.113. The Bertz CT molecular complexity index is 919. The van der Waals surface area contributed by atoms with Gasteiger partial charge in [0, 0.05) is 6.04 Å². The van der Waals surface area contributed by atoms with Gasteiger partial charge in [-0.05, 0) is 79.9 Å². The van der Waals surface area contributed by atoms with Crippen LogP contribution in [-0.4, -0.2) is 23.7 Å². The van der Waals surface area contributed by atoms with Crippen LogP contribution in [0.3, 0.4) is 0 Å². The van der Waals surface area contributed by atoms with E-state index >= 15 is 0 Å². The predicted octanol–water partition coefficient (Wildman–Crippen LogP) is 4.90. The van der Waals surface area contributed by atoms with Crippen LogP contribution >= 0.6 is 11.8 Å². The predicted molar refractivity (Wildman–Crippen MR) is 112 cm³/mol. The molecule has 2 aliphatic heterocycles. The van der Waals surface area contributed by atoms with E-state index in [1.807, 2.05) is 62.4 Å². The largest absolute Gasteiger partial charge is 0.493 e. The Morgan fingerprint density at radius 1 is 1.19 bits per heavy atom. The van der Waals surface area contributed by atoms with Crippen molar-refractivity contribution in [1.29, 1.82) is 0 Å². The van der Waals surface area contributed by atoms with Crippen LogP contribution in [0.25, 0.3) is 6.08 Å². The van der Waals surface area contributed by atoms with Crippen LogP contribution in [0.2, 0.25) is 0 Å². The Hall–Kier alpha value is -2.53. The molecule has 0 saturated carbocycles. The third-order valence-corrected chi connectivity index (χ3v) is 5.40. The van der Waals surface area contributed by atoms with Crippen LogP contribution in [0.5, 0.6) is 5.75 Å². The molecule has 1 amide bonds. The molecule has 0 N–H and O–H groups in total. The average molecular weight is 378 g/mol. The Labute approximate surface area is 163 Å². The van der Waals surface area contributed by atoms with Gasteiger partial charge in [0.25, 0.3) is 5.91 Å². The second-order valence-electron chi connectivity index (χ2n) is 6.91. The summed E-state index contributed by atoms with van der Waals surface area (Å²) in [5.74, 6) is 0.932. The fourth-order valence-electron chi connectivity index (χ4n) is 3.21. The van der Waals surface area contributed by atoms with Gasteiger partial charge < -0.3 is 4.74 Å². The molecule has 138 valence electrons. The number of anilines is 1. The number of para-hydroxylation sites is 1. The highest BCUT2D eigenvalue weighted by Gasteiger charge is 2.34. The topological polar surface area (TPSA) is 41.9 Å². The van der Waals surface area contributed by atoms with E-state index in [-0.39, 0.29) is 11.9 Å². The number of aliphatic imine (C=N–C) groups is 1. The highest BCUT2D eigenvalue weighted by molar-refractivity contribution is 8.19. The SMILES string of the molecule is CC(C)N=C1S/C(=C\c2ccc3c(c2)CCCO3)C(=O)N1c1ccccc1. The Balaban J connectivity index is 1.69. The summed E-state index contributed by atoms with van der Waals surface area (Å²) in [7, 11) is 0. The number of hydrogen-bond acceptors (Lipinski definition) is 4. The minimum atomic E-state index is -0.0282. The molecule has 0 unspecified atom stereocenters. The van der Waals surface area contributed by atoms with Crippen molar-refractivity contribution in [3.8, 4) is 5.75 Å². The Kier molecular flexibility index (Phi) is 5.03. The molecule has 0 radical (unpaired) electrons. The van der Waals surface area contributed by atoms with Crippen LogP contribution in [0.1, 0.15) is 31.4 Å². The van der Waals surface area contributed by atoms with Gasteiger partial charge in [-0.2, -0.15) is 0 Å². The first-order valence-electron chi connectivity index (χ1n) is 9.24. The van der Waals surface area contributed by atoms with Crippen molar-refractivity contribution in [2.75, 3.05) is 11.5 Å². The number of hydrogen-bond donors (Lipinski definition) is 0. The molecular formula is C22H22N2O2S. The van der Waals surface area contributed by atoms with Crippen LogP contribution in [0.4, 0.5) is 5.69 Å². The van der Waals surface area contributed by atoms with E-state index in [0.29, 0.717) is 4.91 Å². The highest BCUT2D eigenvalue weighted by Crippen LogP contribution is 2.37. The van der Waals surface area contributed by atoms with Crippen molar-refractivity contribution in [3.63, 3.8) is 0 Å². The van der Waals surface area contributed by atoms with Crippen LogP contribution in [0, 0.1) is 0 Å². The van der Waals surface area contributed by atoms with Crippen molar-refractivity contribution in [2.24, 2.45) is 4.99 Å². The monoisotopic (exact) mass is 378 g/mol. The maximum atomic E-state index is 13.1. The first-order valence-corrected chi connectivity index (χ1v) is 10.1. The second-order valence-corrected chi connectivity index (χ2v) is 7.92. The van der Waals surface area contributed by atoms with E-state index in [2.05, 4.69) is 11.1 Å². The van der Waals surface area contributed by atoms with E-state index in [1.165, 1.54) is 17.3 Å². The van der Waals surface area contributed by atoms with Gasteiger partial charge in [0.2, 0.25) is 0 Å². The van der Waals surface area contributed by atoms with Gasteiger partial charge in [-0.25, -0.2) is 0 Å². The summed E-state index contributed by atoms with van der Waals surface area (Å²) >= 11 is 1.44. The molecule has 2 aromatic carbocycles. The van der Waals surface area contributed by atoms with Crippen LogP contribution in [-0.2, 0) is 11.2 Å². The minimum absolute atomic E-state index is 0.0282. The highest BCUT2D eigenvalue weighted by atomic mass is 32.2. The Morgan fingerprint density at radius 2 is 2.00 bits per heavy atom. The summed E-state index contributed by atoms with van der Waals surface area (Å²) in [4.78, 5) is 20.2. The molecule has 4 nitrogen and oxygen atoms in total. The van der Waals surface area contributed by atoms with Gasteiger partial charge >= 0.3 is 0 Å². The van der Waals surface area contributed by atoms with Crippen molar-refractivity contribution < 1.29 is 9.53 Å². The lowest BCUT2D eigenvalue weighted by Crippen LogP contribution is -2.29. The normalized spacial score (nSPS) is 19.7. The van der Waals surface area contributed by atoms with Gasteiger partial charge in [-0.15, -0.1) is 0 Å². The zero-order valence-electron chi connectivity index (χ0n) is 15.5. The number of fused-ring (bicyclic) bond motifs is 1. The summed E-state index contributed by atoms with van der Waals surface area (Å²) in [5.41, 5.74) is 3.08. The summed E-state index contributed by atoms with van der Waals surface area (Å²) in [6.07, 6.45) is 4.01. The fourth-order valence-corrected chi connectivity index (χ4v) is 4.32. The van der Waals surface area contributed by atoms with Gasteiger partial charge in [0.15, 0.2) is 5.17 Å². The molecule has 0 atom stereocenters. The maximum Gasteiger partial charge on any atom is 0.271 e. The number of amides is 1. The molecule has 1 fully saturated rings. The molecular weight excluding hydrogens is 356 g/mol. The summed E-state index contributed by atoms with van der Waals surface area (Å²) in [6, 6.07) is 15.9. The van der Waals surface area contributed by atoms with Crippen molar-refractivity contribution in [1.82, 2.24) is 0 Å². The van der Waals surface area contributed by atoms with Crippen LogP contribution < -0.4 is 9.64 Å². The van der Waals surface area contributed by atoms with Gasteiger partial charge in [0.1, 0.15) is 5.75 Å². The number of nitrogens with zero attached hydrogens (tertiary/aromatic N) is 2. The third kappa shape index (κ3) is 3.78. The number of amidine groups is 1. The second kappa shape index (κ2) is 7.61. The number of ether oxygens (including phenoxy) is 1. The lowest BCUT2D eigenvalue weighted by atomic mass is 10.0. The molecule has 2 aromatic rings. The van der Waals surface area contributed by atoms with Crippen LogP contribution in [0.15, 0.2) is 58.4 Å². The maximum absolute atomic E-state index is 13.1. The molecule has 4 rings (SSSR count). The quantitative estimate of drug-likeness (QED) is 0.714. The molecule has 27 heavy (non-hydrogen) atoms. The third-order valence-electron chi connectivity index (χ3n) is 4.42. The minimum Gasteiger partial charge on any atom is -0.493 e. The van der Waals surface area contributed by atoms with E-state index in [4.69, 9.17) is 4.74 Å². The lowest BCUT2D eigenvalue weighted by Gasteiger charge is -2.17. The molecule has 5 heteroatoms. The van der Waals surface area contributed by atoms with Gasteiger partial charge in [0.05, 0.1) is 17.2 Å². The Morgan fingerprint density at radius 3 is 2.78 bits per heavy atom. The van der Waals surface area contributed by atoms with Crippen molar-refractivity contribution in [2.45, 2.75) is 32.7 Å². The number of thioether (sulfide) groups is 1. The first kappa shape index (κ1) is 17.9. The molecule has 2 aliphatic rings. The molecule has 0 aliphatic carbocycles. The number of aryl methyl sites for hydroxylation is 1. The zero-order chi connectivity index (χ0) is 18.8. The number of rotatable bonds is 3. The van der Waals surface area contributed by atoms with Crippen molar-refractivity contribution >= 4 is 34.6 Å². The molecule has 2 heterocycles. The van der Waals surface area contributed by atoms with Crippen molar-refractivity contribution in [3.05, 3.63) is 64.6 Å². The summed E-state index contributed by atoms with van der Waals surface area (Å²) in [5, 5.41) is 0.730. The molecule has 1 saturated heterocycles. The fraction of sp³-hybridized carbons (Fsp3) is 0.273. The molecule has 0 spiro atoms. The van der Waals surface area contributed by atoms with E-state index < -0.39 is 0 Å². The van der Waals surface area contributed by atoms with Gasteiger partial charge in [-0.3, -0.25) is 14.7 Å². The van der Waals surface area contributed by atoms with Gasteiger partial charge in [-0.1, -0.05) is 24.3 Å². The first-order chi connectivity index (χ1) is 13.1. The molecule has 0 bridgehead atoms. The van der Waals surface area contributed by atoms with E-state index in [9.17, 15) is 4.79 Å².